The molecule has 34 heavy (non-hydrogen) atoms. The van der Waals surface area contributed by atoms with E-state index in [-0.39, 0.29) is 30.4 Å². The van der Waals surface area contributed by atoms with Crippen LogP contribution in [-0.4, -0.2) is 37.3 Å². The second-order valence-corrected chi connectivity index (χ2v) is 10.9. The molecule has 7 heteroatoms. The molecular formula is C27H29NO4S2. The van der Waals surface area contributed by atoms with Gasteiger partial charge in [-0.25, -0.2) is 4.79 Å². The molecule has 0 saturated carbocycles. The number of carbonyl (C=O) groups is 2. The first kappa shape index (κ1) is 23.4. The predicted octanol–water partition coefficient (Wildman–Crippen LogP) is 5.55. The average Bonchev–Trinajstić information content (AvgIpc) is 3.56. The lowest BCUT2D eigenvalue weighted by Crippen LogP contribution is -2.36. The number of Topliss-reactive ketones (excluding diaryl/α,β-unsaturated/α-hetero) is 1. The molecule has 3 heterocycles. The van der Waals surface area contributed by atoms with E-state index in [0.29, 0.717) is 24.2 Å². The number of ether oxygens (including phenoxy) is 2. The molecule has 0 spiro atoms. The van der Waals surface area contributed by atoms with Gasteiger partial charge in [-0.3, -0.25) is 4.79 Å². The fraction of sp³-hybridized carbons (Fsp3) is 0.407. The van der Waals surface area contributed by atoms with Gasteiger partial charge in [0.25, 0.3) is 0 Å². The van der Waals surface area contributed by atoms with Crippen molar-refractivity contribution < 1.29 is 19.1 Å². The minimum absolute atomic E-state index is 0.0432. The van der Waals surface area contributed by atoms with Crippen molar-refractivity contribution in [1.29, 1.82) is 0 Å². The van der Waals surface area contributed by atoms with Crippen LogP contribution in [0.4, 0.5) is 0 Å². The number of allylic oxidation sites excluding steroid dienone is 3. The Hall–Kier alpha value is -2.35. The summed E-state index contributed by atoms with van der Waals surface area (Å²) in [5.74, 6) is -0.540. The van der Waals surface area contributed by atoms with Gasteiger partial charge in [-0.05, 0) is 61.6 Å². The third kappa shape index (κ3) is 4.61. The number of rotatable bonds is 6. The SMILES string of the molecule is CSc1ccc([C@@H]2C(C(=O)OC[C@@H]3CCCO3)=C(C)NC3=C2C(=O)C[C@H](c2cccs2)C3)cc1. The van der Waals surface area contributed by atoms with Crippen molar-refractivity contribution in [3.8, 4) is 0 Å². The van der Waals surface area contributed by atoms with E-state index in [4.69, 9.17) is 9.47 Å². The fourth-order valence-electron chi connectivity index (χ4n) is 5.19. The third-order valence-electron chi connectivity index (χ3n) is 6.87. The highest BCUT2D eigenvalue weighted by Gasteiger charge is 2.41. The van der Waals surface area contributed by atoms with Crippen molar-refractivity contribution in [1.82, 2.24) is 5.32 Å². The number of nitrogens with one attached hydrogen (secondary N) is 1. The number of hydrogen-bond donors (Lipinski definition) is 1. The average molecular weight is 496 g/mol. The van der Waals surface area contributed by atoms with Gasteiger partial charge in [-0.2, -0.15) is 0 Å². The molecule has 1 aromatic carbocycles. The van der Waals surface area contributed by atoms with Gasteiger partial charge in [0.2, 0.25) is 0 Å². The highest BCUT2D eigenvalue weighted by atomic mass is 32.2. The smallest absolute Gasteiger partial charge is 0.336 e. The molecular weight excluding hydrogens is 466 g/mol. The molecule has 2 aromatic rings. The number of dihydropyridines is 1. The van der Waals surface area contributed by atoms with Gasteiger partial charge in [0.1, 0.15) is 6.61 Å². The summed E-state index contributed by atoms with van der Waals surface area (Å²) in [5, 5.41) is 5.49. The largest absolute Gasteiger partial charge is 0.459 e. The molecule has 0 amide bonds. The Morgan fingerprint density at radius 3 is 2.74 bits per heavy atom. The zero-order valence-corrected chi connectivity index (χ0v) is 21.1. The summed E-state index contributed by atoms with van der Waals surface area (Å²) < 4.78 is 11.4. The fourth-order valence-corrected chi connectivity index (χ4v) is 6.42. The Bertz CT molecular complexity index is 1130. The minimum Gasteiger partial charge on any atom is -0.459 e. The molecule has 1 fully saturated rings. The Morgan fingerprint density at radius 1 is 1.24 bits per heavy atom. The Labute approximate surface area is 208 Å². The number of ketones is 1. The van der Waals surface area contributed by atoms with Crippen LogP contribution in [0.5, 0.6) is 0 Å². The van der Waals surface area contributed by atoms with Gasteiger partial charge in [0.05, 0.1) is 11.7 Å². The lowest BCUT2D eigenvalue weighted by atomic mass is 9.72. The van der Waals surface area contributed by atoms with E-state index in [0.717, 1.165) is 41.1 Å². The van der Waals surface area contributed by atoms with E-state index < -0.39 is 5.92 Å². The van der Waals surface area contributed by atoms with E-state index >= 15 is 0 Å². The Morgan fingerprint density at radius 2 is 2.06 bits per heavy atom. The van der Waals surface area contributed by atoms with Crippen LogP contribution in [0.1, 0.15) is 54.9 Å². The summed E-state index contributed by atoms with van der Waals surface area (Å²) in [4.78, 5) is 29.4. The third-order valence-corrected chi connectivity index (χ3v) is 8.64. The zero-order valence-electron chi connectivity index (χ0n) is 19.5. The molecule has 0 bridgehead atoms. The van der Waals surface area contributed by atoms with E-state index in [9.17, 15) is 9.59 Å². The van der Waals surface area contributed by atoms with E-state index in [1.807, 2.05) is 31.4 Å². The van der Waals surface area contributed by atoms with Gasteiger partial charge < -0.3 is 14.8 Å². The molecule has 1 N–H and O–H groups in total. The summed E-state index contributed by atoms with van der Waals surface area (Å²) >= 11 is 3.36. The molecule has 5 nitrogen and oxygen atoms in total. The van der Waals surface area contributed by atoms with Crippen molar-refractivity contribution in [2.45, 2.75) is 55.4 Å². The van der Waals surface area contributed by atoms with Crippen LogP contribution < -0.4 is 5.32 Å². The van der Waals surface area contributed by atoms with E-state index in [1.165, 1.54) is 4.88 Å². The Balaban J connectivity index is 1.50. The van der Waals surface area contributed by atoms with Crippen molar-refractivity contribution >= 4 is 34.9 Å². The van der Waals surface area contributed by atoms with Gasteiger partial charge in [-0.1, -0.05) is 18.2 Å². The summed E-state index contributed by atoms with van der Waals surface area (Å²) in [6.07, 6.45) is 5.10. The number of hydrogen-bond acceptors (Lipinski definition) is 7. The number of thiophene rings is 1. The van der Waals surface area contributed by atoms with Crippen molar-refractivity contribution in [3.05, 3.63) is 74.8 Å². The second kappa shape index (κ2) is 10.1. The lowest BCUT2D eigenvalue weighted by Gasteiger charge is -2.36. The maximum Gasteiger partial charge on any atom is 0.336 e. The number of benzene rings is 1. The highest BCUT2D eigenvalue weighted by molar-refractivity contribution is 7.98. The topological polar surface area (TPSA) is 64.6 Å². The van der Waals surface area contributed by atoms with Gasteiger partial charge in [0, 0.05) is 51.6 Å². The molecule has 1 saturated heterocycles. The maximum absolute atomic E-state index is 13.6. The molecule has 0 unspecified atom stereocenters. The van der Waals surface area contributed by atoms with Crippen molar-refractivity contribution in [3.63, 3.8) is 0 Å². The number of thioether (sulfide) groups is 1. The van der Waals surface area contributed by atoms with Crippen LogP contribution in [-0.2, 0) is 19.1 Å². The monoisotopic (exact) mass is 495 g/mol. The molecule has 1 aromatic heterocycles. The standard InChI is InChI=1S/C27H29NO4S2/c1-16-24(27(30)32-15-19-5-3-11-31-19)25(17-7-9-20(33-2)10-8-17)26-21(28-16)13-18(14-22(26)29)23-6-4-12-34-23/h4,6-10,12,18-19,25,28H,3,5,11,13-15H2,1-2H3/t18-,19+,25-/m1/s1. The summed E-state index contributed by atoms with van der Waals surface area (Å²) in [6, 6.07) is 12.3. The van der Waals surface area contributed by atoms with Gasteiger partial charge in [-0.15, -0.1) is 23.1 Å². The quantitative estimate of drug-likeness (QED) is 0.419. The van der Waals surface area contributed by atoms with Crippen LogP contribution in [0, 0.1) is 0 Å². The molecule has 3 atom stereocenters. The second-order valence-electron chi connectivity index (χ2n) is 9.04. The van der Waals surface area contributed by atoms with E-state index in [2.05, 4.69) is 28.9 Å². The van der Waals surface area contributed by atoms with Crippen LogP contribution in [0.15, 0.2) is 69.2 Å². The van der Waals surface area contributed by atoms with E-state index in [1.54, 1.807) is 23.1 Å². The molecule has 5 rings (SSSR count). The minimum atomic E-state index is -0.430. The van der Waals surface area contributed by atoms with Crippen molar-refractivity contribution in [2.24, 2.45) is 0 Å². The molecule has 178 valence electrons. The Kier molecular flexibility index (Phi) is 6.95. The zero-order chi connectivity index (χ0) is 23.7. The highest BCUT2D eigenvalue weighted by Crippen LogP contribution is 2.46. The van der Waals surface area contributed by atoms with Crippen molar-refractivity contribution in [2.75, 3.05) is 19.5 Å². The van der Waals surface area contributed by atoms with Crippen LogP contribution in [0.2, 0.25) is 0 Å². The molecule has 3 aliphatic rings. The molecule has 0 radical (unpaired) electrons. The summed E-state index contributed by atoms with van der Waals surface area (Å²) in [7, 11) is 0. The van der Waals surface area contributed by atoms with Crippen LogP contribution in [0.25, 0.3) is 0 Å². The number of carbonyl (C=O) groups excluding carboxylic acids is 2. The van der Waals surface area contributed by atoms with Crippen LogP contribution >= 0.6 is 23.1 Å². The first-order valence-electron chi connectivity index (χ1n) is 11.7. The summed E-state index contributed by atoms with van der Waals surface area (Å²) in [6.45, 7) is 2.87. The summed E-state index contributed by atoms with van der Waals surface area (Å²) in [5.41, 5.74) is 3.87. The van der Waals surface area contributed by atoms with Gasteiger partial charge >= 0.3 is 5.97 Å². The first-order valence-corrected chi connectivity index (χ1v) is 13.9. The van der Waals surface area contributed by atoms with Crippen LogP contribution in [0.3, 0.4) is 0 Å². The number of esters is 1. The normalized spacial score (nSPS) is 24.8. The predicted molar refractivity (Wildman–Crippen MR) is 135 cm³/mol. The first-order chi connectivity index (χ1) is 16.5. The molecule has 2 aliphatic heterocycles. The maximum atomic E-state index is 13.6. The lowest BCUT2D eigenvalue weighted by molar-refractivity contribution is -0.142. The molecule has 1 aliphatic carbocycles. The van der Waals surface area contributed by atoms with Gasteiger partial charge in [0.15, 0.2) is 5.78 Å².